The second kappa shape index (κ2) is 8.33. The average molecular weight is 366 g/mol. The largest absolute Gasteiger partial charge is 0.467 e. The lowest BCUT2D eigenvalue weighted by atomic mass is 10.1. The Kier molecular flexibility index (Phi) is 5.91. The number of aliphatic hydroxyl groups is 1. The van der Waals surface area contributed by atoms with Gasteiger partial charge in [-0.05, 0) is 24.6 Å². The van der Waals surface area contributed by atoms with Crippen LogP contribution in [-0.2, 0) is 4.74 Å². The molecule has 0 aliphatic carbocycles. The van der Waals surface area contributed by atoms with Gasteiger partial charge in [0.05, 0.1) is 36.1 Å². The number of anilines is 1. The van der Waals surface area contributed by atoms with Crippen molar-refractivity contribution in [3.63, 3.8) is 0 Å². The van der Waals surface area contributed by atoms with Gasteiger partial charge in [0.25, 0.3) is 5.91 Å². The number of rotatable bonds is 6. The molecule has 2 aromatic rings. The minimum atomic E-state index is -0.259. The molecule has 0 radical (unpaired) electrons. The van der Waals surface area contributed by atoms with Crippen molar-refractivity contribution >= 4 is 23.3 Å². The topological polar surface area (TPSA) is 87.8 Å². The van der Waals surface area contributed by atoms with Crippen molar-refractivity contribution in [2.45, 2.75) is 12.5 Å². The first-order chi connectivity index (χ1) is 12.2. The number of amides is 1. The van der Waals surface area contributed by atoms with Crippen LogP contribution < -0.4 is 5.32 Å². The van der Waals surface area contributed by atoms with Gasteiger partial charge in [-0.25, -0.2) is 4.98 Å². The highest BCUT2D eigenvalue weighted by Crippen LogP contribution is 2.27. The van der Waals surface area contributed by atoms with Gasteiger partial charge in [-0.3, -0.25) is 4.79 Å². The number of nitrogens with zero attached hydrogens (tertiary/aromatic N) is 2. The van der Waals surface area contributed by atoms with E-state index in [-0.39, 0.29) is 18.6 Å². The van der Waals surface area contributed by atoms with E-state index in [2.05, 4.69) is 10.3 Å². The monoisotopic (exact) mass is 365 g/mol. The van der Waals surface area contributed by atoms with Gasteiger partial charge in [-0.2, -0.15) is 0 Å². The number of aromatic nitrogens is 1. The number of morpholine rings is 1. The van der Waals surface area contributed by atoms with E-state index in [0.717, 1.165) is 0 Å². The third-order valence-electron chi connectivity index (χ3n) is 4.00. The third kappa shape index (κ3) is 4.31. The van der Waals surface area contributed by atoms with Gasteiger partial charge in [0.15, 0.2) is 0 Å². The zero-order chi connectivity index (χ0) is 17.6. The van der Waals surface area contributed by atoms with Crippen LogP contribution in [0.1, 0.15) is 28.6 Å². The zero-order valence-corrected chi connectivity index (χ0v) is 14.4. The second-order valence-corrected chi connectivity index (χ2v) is 6.09. The van der Waals surface area contributed by atoms with Crippen molar-refractivity contribution in [2.75, 3.05) is 38.2 Å². The molecular formula is C17H20ClN3O4. The van der Waals surface area contributed by atoms with E-state index in [1.165, 1.54) is 6.20 Å². The van der Waals surface area contributed by atoms with Crippen LogP contribution in [0.3, 0.4) is 0 Å². The Bertz CT molecular complexity index is 702. The second-order valence-electron chi connectivity index (χ2n) is 5.68. The lowest BCUT2D eigenvalue weighted by Crippen LogP contribution is -2.40. The first-order valence-electron chi connectivity index (χ1n) is 8.12. The minimum absolute atomic E-state index is 0.0103. The van der Waals surface area contributed by atoms with Crippen molar-refractivity contribution < 1.29 is 19.1 Å². The highest BCUT2D eigenvalue weighted by Gasteiger charge is 2.21. The zero-order valence-electron chi connectivity index (χ0n) is 13.7. The van der Waals surface area contributed by atoms with E-state index >= 15 is 0 Å². The van der Waals surface area contributed by atoms with Crippen LogP contribution in [0.15, 0.2) is 35.1 Å². The summed E-state index contributed by atoms with van der Waals surface area (Å²) in [6.45, 7) is 2.20. The fourth-order valence-corrected chi connectivity index (χ4v) is 2.90. The maximum absolute atomic E-state index is 12.5. The molecule has 0 saturated carbocycles. The molecule has 1 aliphatic rings. The predicted octanol–water partition coefficient (Wildman–Crippen LogP) is 2.34. The van der Waals surface area contributed by atoms with Crippen molar-refractivity contribution in [3.8, 4) is 0 Å². The van der Waals surface area contributed by atoms with Crippen LogP contribution in [0.5, 0.6) is 0 Å². The summed E-state index contributed by atoms with van der Waals surface area (Å²) in [5, 5.41) is 12.7. The summed E-state index contributed by atoms with van der Waals surface area (Å²) in [4.78, 5) is 18.5. The lowest BCUT2D eigenvalue weighted by molar-refractivity contribution is 0.0302. The number of ether oxygens (including phenoxy) is 1. The Labute approximate surface area is 150 Å². The Morgan fingerprint density at radius 2 is 2.24 bits per heavy atom. The Morgan fingerprint density at radius 1 is 1.44 bits per heavy atom. The maximum atomic E-state index is 12.5. The summed E-state index contributed by atoms with van der Waals surface area (Å²) in [7, 11) is 0. The number of hydrogen-bond acceptors (Lipinski definition) is 6. The summed E-state index contributed by atoms with van der Waals surface area (Å²) < 4.78 is 10.6. The third-order valence-corrected chi connectivity index (χ3v) is 4.29. The van der Waals surface area contributed by atoms with Gasteiger partial charge in [0.1, 0.15) is 11.6 Å². The van der Waals surface area contributed by atoms with Crippen LogP contribution >= 0.6 is 11.6 Å². The fourth-order valence-electron chi connectivity index (χ4n) is 2.68. The summed E-state index contributed by atoms with van der Waals surface area (Å²) >= 11 is 6.30. The first kappa shape index (κ1) is 17.7. The Hall–Kier alpha value is -2.09. The highest BCUT2D eigenvalue weighted by molar-refractivity contribution is 6.33. The molecule has 0 bridgehead atoms. The first-order valence-corrected chi connectivity index (χ1v) is 8.50. The summed E-state index contributed by atoms with van der Waals surface area (Å²) in [6.07, 6.45) is 3.52. The van der Waals surface area contributed by atoms with E-state index in [1.54, 1.807) is 23.3 Å². The molecule has 1 saturated heterocycles. The van der Waals surface area contributed by atoms with Crippen LogP contribution in [0.4, 0.5) is 5.82 Å². The maximum Gasteiger partial charge on any atom is 0.255 e. The number of halogens is 1. The van der Waals surface area contributed by atoms with Gasteiger partial charge < -0.3 is 24.5 Å². The highest BCUT2D eigenvalue weighted by atomic mass is 35.5. The average Bonchev–Trinajstić information content (AvgIpc) is 3.17. The van der Waals surface area contributed by atoms with Crippen LogP contribution in [0, 0.1) is 0 Å². The molecule has 8 heteroatoms. The molecule has 1 aliphatic heterocycles. The number of carbonyl (C=O) groups excluding carboxylic acids is 1. The number of hydrogen-bond donors (Lipinski definition) is 2. The molecule has 1 atom stereocenters. The van der Waals surface area contributed by atoms with Gasteiger partial charge in [-0.1, -0.05) is 11.6 Å². The molecular weight excluding hydrogens is 346 g/mol. The molecule has 134 valence electrons. The summed E-state index contributed by atoms with van der Waals surface area (Å²) in [5.41, 5.74) is 0.439. The van der Waals surface area contributed by atoms with Gasteiger partial charge in [0.2, 0.25) is 0 Å². The molecule has 25 heavy (non-hydrogen) atoms. The predicted molar refractivity (Wildman–Crippen MR) is 92.7 cm³/mol. The summed E-state index contributed by atoms with van der Waals surface area (Å²) in [6, 6.07) is 4.94. The van der Waals surface area contributed by atoms with E-state index in [4.69, 9.17) is 20.8 Å². The van der Waals surface area contributed by atoms with Gasteiger partial charge in [0, 0.05) is 25.9 Å². The van der Waals surface area contributed by atoms with E-state index in [0.29, 0.717) is 54.9 Å². The van der Waals surface area contributed by atoms with Crippen molar-refractivity contribution in [1.29, 1.82) is 0 Å². The van der Waals surface area contributed by atoms with Gasteiger partial charge in [-0.15, -0.1) is 0 Å². The van der Waals surface area contributed by atoms with Crippen LogP contribution in [0.25, 0.3) is 0 Å². The molecule has 7 nitrogen and oxygen atoms in total. The smallest absolute Gasteiger partial charge is 0.255 e. The number of pyridine rings is 1. The van der Waals surface area contributed by atoms with Crippen molar-refractivity contribution in [2.24, 2.45) is 0 Å². The fraction of sp³-hybridized carbons (Fsp3) is 0.412. The molecule has 2 N–H and O–H groups in total. The van der Waals surface area contributed by atoms with Crippen molar-refractivity contribution in [1.82, 2.24) is 9.88 Å². The molecule has 3 heterocycles. The Balaban J connectivity index is 1.73. The van der Waals surface area contributed by atoms with E-state index < -0.39 is 0 Å². The lowest BCUT2D eigenvalue weighted by Gasteiger charge is -2.27. The van der Waals surface area contributed by atoms with E-state index in [9.17, 15) is 9.90 Å². The Morgan fingerprint density at radius 3 is 2.88 bits per heavy atom. The molecule has 2 aromatic heterocycles. The molecule has 1 fully saturated rings. The van der Waals surface area contributed by atoms with Crippen LogP contribution in [-0.4, -0.2) is 53.8 Å². The van der Waals surface area contributed by atoms with Gasteiger partial charge >= 0.3 is 0 Å². The van der Waals surface area contributed by atoms with E-state index in [1.807, 2.05) is 6.07 Å². The number of furan rings is 1. The number of carbonyl (C=O) groups is 1. The number of nitrogens with one attached hydrogen (secondary N) is 1. The SMILES string of the molecule is O=C(c1cnc(NC(CCO)c2ccco2)c(Cl)c1)N1CCOCC1. The normalized spacial score (nSPS) is 15.8. The summed E-state index contributed by atoms with van der Waals surface area (Å²) in [5.74, 6) is 1.01. The molecule has 0 spiro atoms. The molecule has 1 unspecified atom stereocenters. The molecule has 3 rings (SSSR count). The quantitative estimate of drug-likeness (QED) is 0.817. The standard InChI is InChI=1S/C17H20ClN3O4/c18-13-10-12(17(23)21-4-8-24-9-5-21)11-19-16(13)20-14(3-6-22)15-2-1-7-25-15/h1-2,7,10-11,14,22H,3-6,8-9H2,(H,19,20). The van der Waals surface area contributed by atoms with Crippen molar-refractivity contribution in [3.05, 3.63) is 47.0 Å². The molecule has 0 aromatic carbocycles. The molecule has 1 amide bonds. The number of aliphatic hydroxyl groups excluding tert-OH is 1. The van der Waals surface area contributed by atoms with Crippen LogP contribution in [0.2, 0.25) is 5.02 Å². The minimum Gasteiger partial charge on any atom is -0.467 e.